The van der Waals surface area contributed by atoms with Crippen LogP contribution in [0.2, 0.25) is 0 Å². The molecule has 94 valence electrons. The van der Waals surface area contributed by atoms with Crippen LogP contribution in [0.3, 0.4) is 0 Å². The lowest BCUT2D eigenvalue weighted by Gasteiger charge is -2.27. The molecule has 1 aliphatic carbocycles. The summed E-state index contributed by atoms with van der Waals surface area (Å²) in [4.78, 5) is 18.1. The van der Waals surface area contributed by atoms with Gasteiger partial charge in [-0.2, -0.15) is 0 Å². The molecule has 1 heterocycles. The van der Waals surface area contributed by atoms with Gasteiger partial charge in [-0.25, -0.2) is 4.98 Å². The predicted octanol–water partition coefficient (Wildman–Crippen LogP) is 1.49. The SMILES string of the molecule is NC1CCC(CC(C(=O)O)c2cnc[nH]2)CC1. The first kappa shape index (κ1) is 12.1. The maximum atomic E-state index is 11.3. The maximum absolute atomic E-state index is 11.3. The standard InChI is InChI=1S/C12H19N3O2/c13-9-3-1-8(2-4-9)5-10(12(16)17)11-6-14-7-15-11/h6-10H,1-5,13H2,(H,14,15)(H,16,17). The second-order valence-corrected chi connectivity index (χ2v) is 4.91. The average molecular weight is 237 g/mol. The highest BCUT2D eigenvalue weighted by Crippen LogP contribution is 2.32. The van der Waals surface area contributed by atoms with Gasteiger partial charge in [0.05, 0.1) is 12.2 Å². The van der Waals surface area contributed by atoms with Crippen molar-refractivity contribution >= 4 is 5.97 Å². The third-order valence-corrected chi connectivity index (χ3v) is 3.65. The van der Waals surface area contributed by atoms with E-state index in [1.807, 2.05) is 0 Å². The molecule has 0 amide bonds. The van der Waals surface area contributed by atoms with E-state index in [1.165, 1.54) is 6.33 Å². The topological polar surface area (TPSA) is 92.0 Å². The molecule has 1 atom stereocenters. The van der Waals surface area contributed by atoms with Gasteiger partial charge in [0.1, 0.15) is 0 Å². The van der Waals surface area contributed by atoms with E-state index in [9.17, 15) is 9.90 Å². The largest absolute Gasteiger partial charge is 0.481 e. The lowest BCUT2D eigenvalue weighted by atomic mass is 9.80. The Morgan fingerprint density at radius 3 is 2.76 bits per heavy atom. The minimum Gasteiger partial charge on any atom is -0.481 e. The Morgan fingerprint density at radius 1 is 1.53 bits per heavy atom. The summed E-state index contributed by atoms with van der Waals surface area (Å²) in [6, 6.07) is 0.307. The van der Waals surface area contributed by atoms with Crippen LogP contribution in [-0.4, -0.2) is 27.1 Å². The molecule has 0 aromatic carbocycles. The molecule has 17 heavy (non-hydrogen) atoms. The lowest BCUT2D eigenvalue weighted by molar-refractivity contribution is -0.139. The fourth-order valence-corrected chi connectivity index (χ4v) is 2.58. The molecule has 1 aromatic rings. The highest BCUT2D eigenvalue weighted by Gasteiger charge is 2.27. The number of H-pyrrole nitrogens is 1. The van der Waals surface area contributed by atoms with Crippen LogP contribution in [-0.2, 0) is 4.79 Å². The van der Waals surface area contributed by atoms with Gasteiger partial charge in [0.25, 0.3) is 0 Å². The van der Waals surface area contributed by atoms with Crippen molar-refractivity contribution in [3.05, 3.63) is 18.2 Å². The van der Waals surface area contributed by atoms with Crippen molar-refractivity contribution in [2.24, 2.45) is 11.7 Å². The van der Waals surface area contributed by atoms with E-state index in [0.717, 1.165) is 25.7 Å². The quantitative estimate of drug-likeness (QED) is 0.739. The number of hydrogen-bond acceptors (Lipinski definition) is 3. The monoisotopic (exact) mass is 237 g/mol. The zero-order valence-electron chi connectivity index (χ0n) is 9.80. The summed E-state index contributed by atoms with van der Waals surface area (Å²) >= 11 is 0. The molecule has 1 aliphatic rings. The smallest absolute Gasteiger partial charge is 0.312 e. The predicted molar refractivity (Wildman–Crippen MR) is 63.5 cm³/mol. The molecule has 1 fully saturated rings. The van der Waals surface area contributed by atoms with E-state index in [-0.39, 0.29) is 0 Å². The van der Waals surface area contributed by atoms with Crippen LogP contribution in [0, 0.1) is 5.92 Å². The number of nitrogens with one attached hydrogen (secondary N) is 1. The summed E-state index contributed by atoms with van der Waals surface area (Å²) in [5.41, 5.74) is 6.55. The van der Waals surface area contributed by atoms with E-state index in [2.05, 4.69) is 9.97 Å². The Morgan fingerprint density at radius 2 is 2.24 bits per heavy atom. The summed E-state index contributed by atoms with van der Waals surface area (Å²) in [7, 11) is 0. The van der Waals surface area contributed by atoms with Crippen LogP contribution < -0.4 is 5.73 Å². The van der Waals surface area contributed by atoms with E-state index < -0.39 is 11.9 Å². The molecule has 0 aliphatic heterocycles. The second-order valence-electron chi connectivity index (χ2n) is 4.91. The van der Waals surface area contributed by atoms with Gasteiger partial charge in [0, 0.05) is 17.9 Å². The third-order valence-electron chi connectivity index (χ3n) is 3.65. The Bertz CT molecular complexity index is 356. The summed E-state index contributed by atoms with van der Waals surface area (Å²) in [5, 5.41) is 9.26. The van der Waals surface area contributed by atoms with Crippen LogP contribution in [0.4, 0.5) is 0 Å². The number of carboxylic acid groups (broad SMARTS) is 1. The van der Waals surface area contributed by atoms with E-state index in [4.69, 9.17) is 5.73 Å². The highest BCUT2D eigenvalue weighted by atomic mass is 16.4. The van der Waals surface area contributed by atoms with E-state index in [0.29, 0.717) is 24.1 Å². The fourth-order valence-electron chi connectivity index (χ4n) is 2.58. The Balaban J connectivity index is 1.97. The van der Waals surface area contributed by atoms with Crippen molar-refractivity contribution in [2.45, 2.75) is 44.1 Å². The van der Waals surface area contributed by atoms with Gasteiger partial charge in [0.2, 0.25) is 0 Å². The summed E-state index contributed by atoms with van der Waals surface area (Å²) in [5.74, 6) is -0.764. The van der Waals surface area contributed by atoms with Crippen molar-refractivity contribution in [1.82, 2.24) is 9.97 Å². The van der Waals surface area contributed by atoms with Crippen LogP contribution in [0.1, 0.15) is 43.7 Å². The summed E-state index contributed by atoms with van der Waals surface area (Å²) in [6.45, 7) is 0. The Hall–Kier alpha value is -1.36. The van der Waals surface area contributed by atoms with Gasteiger partial charge in [0.15, 0.2) is 0 Å². The average Bonchev–Trinajstić information content (AvgIpc) is 2.81. The van der Waals surface area contributed by atoms with Crippen molar-refractivity contribution in [2.75, 3.05) is 0 Å². The second kappa shape index (κ2) is 5.31. The maximum Gasteiger partial charge on any atom is 0.312 e. The zero-order valence-corrected chi connectivity index (χ0v) is 9.80. The van der Waals surface area contributed by atoms with Crippen molar-refractivity contribution < 1.29 is 9.90 Å². The minimum atomic E-state index is -0.774. The summed E-state index contributed by atoms with van der Waals surface area (Å²) < 4.78 is 0. The van der Waals surface area contributed by atoms with Crippen molar-refractivity contribution in [3.63, 3.8) is 0 Å². The van der Waals surface area contributed by atoms with Gasteiger partial charge in [-0.3, -0.25) is 4.79 Å². The number of nitrogens with two attached hydrogens (primary N) is 1. The lowest BCUT2D eigenvalue weighted by Crippen LogP contribution is -2.28. The van der Waals surface area contributed by atoms with Crippen molar-refractivity contribution in [1.29, 1.82) is 0 Å². The van der Waals surface area contributed by atoms with Gasteiger partial charge >= 0.3 is 5.97 Å². The number of aromatic nitrogens is 2. The summed E-state index contributed by atoms with van der Waals surface area (Å²) in [6.07, 6.45) is 7.93. The Labute approximate surface area is 100 Å². The first-order chi connectivity index (χ1) is 8.16. The number of nitrogens with zero attached hydrogens (tertiary/aromatic N) is 1. The molecule has 4 N–H and O–H groups in total. The molecule has 5 heteroatoms. The molecular weight excluding hydrogens is 218 g/mol. The first-order valence-electron chi connectivity index (χ1n) is 6.13. The zero-order chi connectivity index (χ0) is 12.3. The molecule has 1 unspecified atom stereocenters. The van der Waals surface area contributed by atoms with E-state index in [1.54, 1.807) is 6.20 Å². The number of rotatable bonds is 4. The number of aromatic amines is 1. The van der Waals surface area contributed by atoms with Crippen molar-refractivity contribution in [3.8, 4) is 0 Å². The molecule has 2 rings (SSSR count). The van der Waals surface area contributed by atoms with Gasteiger partial charge < -0.3 is 15.8 Å². The van der Waals surface area contributed by atoms with E-state index >= 15 is 0 Å². The van der Waals surface area contributed by atoms with Crippen LogP contribution >= 0.6 is 0 Å². The van der Waals surface area contributed by atoms with Crippen LogP contribution in [0.15, 0.2) is 12.5 Å². The van der Waals surface area contributed by atoms with Gasteiger partial charge in [-0.15, -0.1) is 0 Å². The number of carbonyl (C=O) groups is 1. The fraction of sp³-hybridized carbons (Fsp3) is 0.667. The third kappa shape index (κ3) is 3.06. The number of aliphatic carboxylic acids is 1. The highest BCUT2D eigenvalue weighted by molar-refractivity contribution is 5.75. The molecule has 0 bridgehead atoms. The molecule has 1 aromatic heterocycles. The molecule has 0 radical (unpaired) electrons. The van der Waals surface area contributed by atoms with Gasteiger partial charge in [-0.05, 0) is 38.0 Å². The van der Waals surface area contributed by atoms with Gasteiger partial charge in [-0.1, -0.05) is 0 Å². The number of hydrogen-bond donors (Lipinski definition) is 3. The normalized spacial score (nSPS) is 26.6. The molecule has 1 saturated carbocycles. The molecule has 0 spiro atoms. The molecular formula is C12H19N3O2. The Kier molecular flexibility index (Phi) is 3.78. The molecule has 0 saturated heterocycles. The molecule has 5 nitrogen and oxygen atoms in total. The first-order valence-corrected chi connectivity index (χ1v) is 6.13. The minimum absolute atomic E-state index is 0.307. The van der Waals surface area contributed by atoms with Crippen LogP contribution in [0.25, 0.3) is 0 Å². The van der Waals surface area contributed by atoms with Crippen LogP contribution in [0.5, 0.6) is 0 Å². The number of carboxylic acids is 1. The number of imidazole rings is 1.